The highest BCUT2D eigenvalue weighted by molar-refractivity contribution is 7.89. The van der Waals surface area contributed by atoms with Gasteiger partial charge in [0.2, 0.25) is 21.7 Å². The van der Waals surface area contributed by atoms with Gasteiger partial charge in [0.1, 0.15) is 0 Å². The lowest BCUT2D eigenvalue weighted by Gasteiger charge is -2.36. The zero-order chi connectivity index (χ0) is 22.1. The van der Waals surface area contributed by atoms with E-state index in [1.165, 1.54) is 0 Å². The molecule has 1 aliphatic rings. The van der Waals surface area contributed by atoms with E-state index in [4.69, 9.17) is 4.52 Å². The van der Waals surface area contributed by atoms with E-state index >= 15 is 0 Å². The molecule has 5 rings (SSSR count). The second kappa shape index (κ2) is 8.46. The van der Waals surface area contributed by atoms with Gasteiger partial charge in [-0.3, -0.25) is 4.90 Å². The highest BCUT2D eigenvalue weighted by Gasteiger charge is 2.32. The quantitative estimate of drug-likeness (QED) is 0.460. The number of benzene rings is 3. The number of sulfonamides is 1. The van der Waals surface area contributed by atoms with Crippen molar-refractivity contribution in [1.82, 2.24) is 19.3 Å². The summed E-state index contributed by atoms with van der Waals surface area (Å²) >= 11 is 0. The molecule has 8 heteroatoms. The first-order valence-electron chi connectivity index (χ1n) is 10.6. The van der Waals surface area contributed by atoms with Gasteiger partial charge in [0.05, 0.1) is 10.9 Å². The Morgan fingerprint density at radius 3 is 2.31 bits per heavy atom. The number of hydrogen-bond acceptors (Lipinski definition) is 6. The summed E-state index contributed by atoms with van der Waals surface area (Å²) in [6, 6.07) is 22.7. The van der Waals surface area contributed by atoms with Crippen LogP contribution in [0.3, 0.4) is 0 Å². The second-order valence-electron chi connectivity index (χ2n) is 7.95. The smallest absolute Gasteiger partial charge is 0.244 e. The van der Waals surface area contributed by atoms with E-state index in [0.29, 0.717) is 42.8 Å². The molecule has 0 aliphatic carbocycles. The first-order valence-corrected chi connectivity index (χ1v) is 12.1. The van der Waals surface area contributed by atoms with E-state index in [1.54, 1.807) is 16.4 Å². The molecule has 164 valence electrons. The Balaban J connectivity index is 1.27. The third-order valence-electron chi connectivity index (χ3n) is 6.01. The van der Waals surface area contributed by atoms with E-state index in [-0.39, 0.29) is 6.04 Å². The van der Waals surface area contributed by atoms with Gasteiger partial charge in [-0.2, -0.15) is 9.29 Å². The average Bonchev–Trinajstić information content (AvgIpc) is 3.34. The van der Waals surface area contributed by atoms with Gasteiger partial charge < -0.3 is 4.52 Å². The summed E-state index contributed by atoms with van der Waals surface area (Å²) in [7, 11) is -3.54. The number of nitrogens with zero attached hydrogens (tertiary/aromatic N) is 4. The summed E-state index contributed by atoms with van der Waals surface area (Å²) in [5.41, 5.74) is 0.904. The number of piperazine rings is 1. The number of hydrogen-bond donors (Lipinski definition) is 0. The molecule has 2 heterocycles. The van der Waals surface area contributed by atoms with Gasteiger partial charge in [-0.05, 0) is 29.8 Å². The highest BCUT2D eigenvalue weighted by atomic mass is 32.2. The largest absolute Gasteiger partial charge is 0.337 e. The Hall–Kier alpha value is -3.07. The van der Waals surface area contributed by atoms with E-state index in [0.717, 1.165) is 16.3 Å². The maximum atomic E-state index is 13.2. The summed E-state index contributed by atoms with van der Waals surface area (Å²) in [5.74, 6) is 1.10. The van der Waals surface area contributed by atoms with E-state index in [9.17, 15) is 8.42 Å². The fourth-order valence-electron chi connectivity index (χ4n) is 4.07. The van der Waals surface area contributed by atoms with Crippen molar-refractivity contribution in [2.45, 2.75) is 17.9 Å². The fourth-order valence-corrected chi connectivity index (χ4v) is 5.53. The molecule has 3 aromatic carbocycles. The van der Waals surface area contributed by atoms with Gasteiger partial charge in [-0.1, -0.05) is 65.8 Å². The minimum absolute atomic E-state index is 0.0921. The van der Waals surface area contributed by atoms with Gasteiger partial charge in [-0.15, -0.1) is 0 Å². The van der Waals surface area contributed by atoms with Crippen LogP contribution < -0.4 is 0 Å². The molecule has 0 bridgehead atoms. The second-order valence-corrected chi connectivity index (χ2v) is 9.89. The van der Waals surface area contributed by atoms with Gasteiger partial charge >= 0.3 is 0 Å². The zero-order valence-electron chi connectivity index (χ0n) is 17.8. The average molecular weight is 449 g/mol. The van der Waals surface area contributed by atoms with Crippen LogP contribution in [0.15, 0.2) is 82.2 Å². The molecule has 32 heavy (non-hydrogen) atoms. The van der Waals surface area contributed by atoms with Crippen molar-refractivity contribution < 1.29 is 12.9 Å². The molecule has 1 aromatic heterocycles. The summed E-state index contributed by atoms with van der Waals surface area (Å²) in [6.07, 6.45) is 0. The number of fused-ring (bicyclic) bond motifs is 1. The van der Waals surface area contributed by atoms with E-state index < -0.39 is 10.0 Å². The molecule has 0 saturated carbocycles. The van der Waals surface area contributed by atoms with Gasteiger partial charge in [0.25, 0.3) is 0 Å². The van der Waals surface area contributed by atoms with E-state index in [1.807, 2.05) is 67.6 Å². The van der Waals surface area contributed by atoms with Crippen LogP contribution in [0.4, 0.5) is 0 Å². The standard InChI is InChI=1S/C24H24N4O3S/c1-18(24-25-23(26-31-24)20-8-3-2-4-9-20)27-13-15-28(16-14-27)32(29,30)22-12-11-19-7-5-6-10-21(19)17-22/h2-12,17-18H,13-16H2,1H3. The molecule has 1 saturated heterocycles. The molecule has 0 spiro atoms. The van der Waals surface area contributed by atoms with Crippen molar-refractivity contribution in [2.24, 2.45) is 0 Å². The molecule has 1 unspecified atom stereocenters. The third kappa shape index (κ3) is 3.92. The Bertz CT molecular complexity index is 1330. The first kappa shape index (κ1) is 20.8. The van der Waals surface area contributed by atoms with Crippen LogP contribution in [0.5, 0.6) is 0 Å². The van der Waals surface area contributed by atoms with Crippen molar-refractivity contribution in [3.8, 4) is 11.4 Å². The SMILES string of the molecule is CC(c1nc(-c2ccccc2)no1)N1CCN(S(=O)(=O)c2ccc3ccccc3c2)CC1. The third-order valence-corrected chi connectivity index (χ3v) is 7.91. The zero-order valence-corrected chi connectivity index (χ0v) is 18.6. The molecule has 0 radical (unpaired) electrons. The highest BCUT2D eigenvalue weighted by Crippen LogP contribution is 2.26. The van der Waals surface area contributed by atoms with Crippen molar-refractivity contribution >= 4 is 20.8 Å². The minimum Gasteiger partial charge on any atom is -0.337 e. The Labute approximate surface area is 187 Å². The Morgan fingerprint density at radius 1 is 0.875 bits per heavy atom. The van der Waals surface area contributed by atoms with Crippen molar-refractivity contribution in [3.05, 3.63) is 78.7 Å². The topological polar surface area (TPSA) is 79.5 Å². The van der Waals surface area contributed by atoms with Gasteiger partial charge in [0.15, 0.2) is 0 Å². The predicted molar refractivity (Wildman–Crippen MR) is 122 cm³/mol. The predicted octanol–water partition coefficient (Wildman–Crippen LogP) is 3.96. The molecule has 4 aromatic rings. The van der Waals surface area contributed by atoms with Crippen LogP contribution >= 0.6 is 0 Å². The molecule has 0 amide bonds. The lowest BCUT2D eigenvalue weighted by Crippen LogP contribution is -2.49. The normalized spacial score (nSPS) is 16.9. The number of aromatic nitrogens is 2. The fraction of sp³-hybridized carbons (Fsp3) is 0.250. The molecule has 7 nitrogen and oxygen atoms in total. The van der Waals surface area contributed by atoms with Crippen molar-refractivity contribution in [3.63, 3.8) is 0 Å². The van der Waals surface area contributed by atoms with E-state index in [2.05, 4.69) is 15.0 Å². The maximum absolute atomic E-state index is 13.2. The van der Waals surface area contributed by atoms with Crippen LogP contribution in [-0.2, 0) is 10.0 Å². The monoisotopic (exact) mass is 448 g/mol. The van der Waals surface area contributed by atoms with Crippen LogP contribution in [0.2, 0.25) is 0 Å². The Kier molecular flexibility index (Phi) is 5.50. The van der Waals surface area contributed by atoms with Crippen molar-refractivity contribution in [1.29, 1.82) is 0 Å². The summed E-state index contributed by atoms with van der Waals surface area (Å²) in [5, 5.41) is 6.05. The number of rotatable bonds is 5. The maximum Gasteiger partial charge on any atom is 0.244 e. The molecular weight excluding hydrogens is 424 g/mol. The van der Waals surface area contributed by atoms with Crippen LogP contribution in [-0.4, -0.2) is 53.9 Å². The molecular formula is C24H24N4O3S. The summed E-state index contributed by atoms with van der Waals surface area (Å²) in [6.45, 7) is 4.03. The lowest BCUT2D eigenvalue weighted by atomic mass is 10.1. The van der Waals surface area contributed by atoms with Crippen LogP contribution in [0.25, 0.3) is 22.2 Å². The van der Waals surface area contributed by atoms with Gasteiger partial charge in [-0.25, -0.2) is 8.42 Å². The molecule has 1 aliphatic heterocycles. The minimum atomic E-state index is -3.54. The summed E-state index contributed by atoms with van der Waals surface area (Å²) < 4.78 is 33.5. The molecule has 1 fully saturated rings. The molecule has 1 atom stereocenters. The van der Waals surface area contributed by atoms with Crippen molar-refractivity contribution in [2.75, 3.05) is 26.2 Å². The Morgan fingerprint density at radius 2 is 1.56 bits per heavy atom. The van der Waals surface area contributed by atoms with Gasteiger partial charge in [0, 0.05) is 31.7 Å². The summed E-state index contributed by atoms with van der Waals surface area (Å²) in [4.78, 5) is 7.06. The van der Waals surface area contributed by atoms with Crippen LogP contribution in [0, 0.1) is 0 Å². The molecule has 0 N–H and O–H groups in total. The van der Waals surface area contributed by atoms with Crippen LogP contribution in [0.1, 0.15) is 18.9 Å². The lowest BCUT2D eigenvalue weighted by molar-refractivity contribution is 0.124. The first-order chi connectivity index (χ1) is 15.5.